The first-order chi connectivity index (χ1) is 8.37. The van der Waals surface area contributed by atoms with Gasteiger partial charge in [0.15, 0.2) is 5.76 Å². The summed E-state index contributed by atoms with van der Waals surface area (Å²) in [6.45, 7) is 6.40. The van der Waals surface area contributed by atoms with Crippen molar-refractivity contribution in [1.29, 1.82) is 0 Å². The molecule has 1 aromatic heterocycles. The molecule has 100 valence electrons. The van der Waals surface area contributed by atoms with Gasteiger partial charge in [-0.05, 0) is 33.6 Å². The lowest BCUT2D eigenvalue weighted by atomic mass is 10.0. The molecule has 0 spiro atoms. The third kappa shape index (κ3) is 2.90. The van der Waals surface area contributed by atoms with Gasteiger partial charge < -0.3 is 15.2 Å². The van der Waals surface area contributed by atoms with Crippen molar-refractivity contribution in [3.8, 4) is 0 Å². The van der Waals surface area contributed by atoms with Crippen molar-refractivity contribution in [2.75, 3.05) is 6.54 Å². The van der Waals surface area contributed by atoms with Gasteiger partial charge >= 0.3 is 0 Å². The highest BCUT2D eigenvalue weighted by molar-refractivity contribution is 5.78. The number of amides is 1. The van der Waals surface area contributed by atoms with Gasteiger partial charge in [0.05, 0.1) is 11.7 Å². The lowest BCUT2D eigenvalue weighted by Gasteiger charge is -2.26. The maximum absolute atomic E-state index is 12.2. The van der Waals surface area contributed by atoms with Crippen LogP contribution in [0.2, 0.25) is 0 Å². The van der Waals surface area contributed by atoms with Crippen LogP contribution in [0.15, 0.2) is 10.6 Å². The number of rotatable bonds is 3. The number of nitrogens with two attached hydrogens (primary N) is 1. The zero-order valence-corrected chi connectivity index (χ0v) is 11.3. The van der Waals surface area contributed by atoms with Gasteiger partial charge in [0.1, 0.15) is 0 Å². The summed E-state index contributed by atoms with van der Waals surface area (Å²) in [4.78, 5) is 14.1. The summed E-state index contributed by atoms with van der Waals surface area (Å²) in [7, 11) is 0. The zero-order valence-electron chi connectivity index (χ0n) is 11.3. The van der Waals surface area contributed by atoms with Gasteiger partial charge in [0.25, 0.3) is 0 Å². The Balaban J connectivity index is 2.10. The van der Waals surface area contributed by atoms with E-state index in [4.69, 9.17) is 10.3 Å². The normalized spacial score (nSPS) is 20.4. The predicted molar refractivity (Wildman–Crippen MR) is 67.8 cm³/mol. The minimum Gasteiger partial charge on any atom is -0.359 e. The second-order valence-corrected chi connectivity index (χ2v) is 5.78. The molecule has 18 heavy (non-hydrogen) atoms. The highest BCUT2D eigenvalue weighted by Gasteiger charge is 2.34. The second kappa shape index (κ2) is 4.72. The van der Waals surface area contributed by atoms with Crippen LogP contribution in [0.5, 0.6) is 0 Å². The third-order valence-electron chi connectivity index (χ3n) is 3.15. The lowest BCUT2D eigenvalue weighted by Crippen LogP contribution is -2.41. The van der Waals surface area contributed by atoms with Crippen LogP contribution in [0.3, 0.4) is 0 Å². The second-order valence-electron chi connectivity index (χ2n) is 5.78. The molecule has 0 saturated carbocycles. The van der Waals surface area contributed by atoms with Crippen molar-refractivity contribution in [3.05, 3.63) is 17.5 Å². The number of hydrogen-bond donors (Lipinski definition) is 1. The Labute approximate surface area is 107 Å². The molecular weight excluding hydrogens is 230 g/mol. The number of aryl methyl sites for hydroxylation is 1. The van der Waals surface area contributed by atoms with Crippen LogP contribution in [0.1, 0.15) is 50.6 Å². The van der Waals surface area contributed by atoms with Crippen LogP contribution >= 0.6 is 0 Å². The molecule has 1 aliphatic rings. The molecule has 1 aromatic rings. The first kappa shape index (κ1) is 13.1. The topological polar surface area (TPSA) is 72.4 Å². The Morgan fingerprint density at radius 3 is 2.94 bits per heavy atom. The van der Waals surface area contributed by atoms with E-state index in [1.54, 1.807) is 0 Å². The van der Waals surface area contributed by atoms with Crippen LogP contribution in [0, 0.1) is 6.92 Å². The first-order valence-electron chi connectivity index (χ1n) is 6.38. The number of nitrogens with zero attached hydrogens (tertiary/aromatic N) is 2. The largest absolute Gasteiger partial charge is 0.359 e. The molecule has 0 aliphatic carbocycles. The molecule has 1 atom stereocenters. The first-order valence-corrected chi connectivity index (χ1v) is 6.38. The van der Waals surface area contributed by atoms with Gasteiger partial charge in [0.2, 0.25) is 5.91 Å². The number of carbonyl (C=O) groups is 1. The van der Waals surface area contributed by atoms with Gasteiger partial charge in [-0.15, -0.1) is 0 Å². The van der Waals surface area contributed by atoms with Gasteiger partial charge in [-0.3, -0.25) is 4.79 Å². The predicted octanol–water partition coefficient (Wildman–Crippen LogP) is 1.77. The van der Waals surface area contributed by atoms with E-state index < -0.39 is 5.54 Å². The van der Waals surface area contributed by atoms with E-state index in [0.29, 0.717) is 6.42 Å². The highest BCUT2D eigenvalue weighted by atomic mass is 16.5. The summed E-state index contributed by atoms with van der Waals surface area (Å²) in [5.74, 6) is 0.882. The maximum Gasteiger partial charge on any atom is 0.225 e. The van der Waals surface area contributed by atoms with E-state index in [0.717, 1.165) is 30.8 Å². The van der Waals surface area contributed by atoms with Crippen LogP contribution in [-0.2, 0) is 4.79 Å². The SMILES string of the molecule is Cc1cc(C2CCCN2C(=O)CC(C)(C)N)on1. The van der Waals surface area contributed by atoms with Crippen LogP contribution in [0.4, 0.5) is 0 Å². The Morgan fingerprint density at radius 1 is 1.67 bits per heavy atom. The molecule has 5 heteroatoms. The van der Waals surface area contributed by atoms with Crippen molar-refractivity contribution >= 4 is 5.91 Å². The van der Waals surface area contributed by atoms with Crippen molar-refractivity contribution in [2.45, 2.75) is 51.6 Å². The lowest BCUT2D eigenvalue weighted by molar-refractivity contribution is -0.133. The molecule has 0 bridgehead atoms. The molecule has 0 radical (unpaired) electrons. The van der Waals surface area contributed by atoms with Crippen molar-refractivity contribution in [2.24, 2.45) is 5.73 Å². The van der Waals surface area contributed by atoms with Crippen molar-refractivity contribution in [3.63, 3.8) is 0 Å². The molecule has 2 heterocycles. The minimum atomic E-state index is -0.471. The Morgan fingerprint density at radius 2 is 2.39 bits per heavy atom. The van der Waals surface area contributed by atoms with Crippen molar-refractivity contribution < 1.29 is 9.32 Å². The Hall–Kier alpha value is -1.36. The van der Waals surface area contributed by atoms with Crippen LogP contribution in [-0.4, -0.2) is 28.0 Å². The fourth-order valence-electron chi connectivity index (χ4n) is 2.39. The fraction of sp³-hybridized carbons (Fsp3) is 0.692. The molecule has 2 N–H and O–H groups in total. The van der Waals surface area contributed by atoms with Crippen LogP contribution < -0.4 is 5.73 Å². The Kier molecular flexibility index (Phi) is 3.43. The number of carbonyl (C=O) groups excluding carboxylic acids is 1. The summed E-state index contributed by atoms with van der Waals surface area (Å²) in [6, 6.07) is 1.94. The van der Waals surface area contributed by atoms with Gasteiger partial charge in [-0.2, -0.15) is 0 Å². The fourth-order valence-corrected chi connectivity index (χ4v) is 2.39. The molecule has 0 aromatic carbocycles. The van der Waals surface area contributed by atoms with Crippen molar-refractivity contribution in [1.82, 2.24) is 10.1 Å². The monoisotopic (exact) mass is 251 g/mol. The molecule has 5 nitrogen and oxygen atoms in total. The maximum atomic E-state index is 12.2. The summed E-state index contributed by atoms with van der Waals surface area (Å²) >= 11 is 0. The minimum absolute atomic E-state index is 0.0287. The van der Waals surface area contributed by atoms with E-state index in [-0.39, 0.29) is 11.9 Å². The molecule has 1 saturated heterocycles. The van der Waals surface area contributed by atoms with E-state index in [2.05, 4.69) is 5.16 Å². The molecule has 1 fully saturated rings. The third-order valence-corrected chi connectivity index (χ3v) is 3.15. The standard InChI is InChI=1S/C13H21N3O2/c1-9-7-11(18-15-9)10-5-4-6-16(10)12(17)8-13(2,3)14/h7,10H,4-6,8,14H2,1-3H3. The molecule has 1 amide bonds. The summed E-state index contributed by atoms with van der Waals surface area (Å²) in [6.07, 6.45) is 2.29. The smallest absolute Gasteiger partial charge is 0.225 e. The van der Waals surface area contributed by atoms with E-state index >= 15 is 0 Å². The van der Waals surface area contributed by atoms with Gasteiger partial charge in [-0.1, -0.05) is 5.16 Å². The average molecular weight is 251 g/mol. The number of likely N-dealkylation sites (tertiary alicyclic amines) is 1. The zero-order chi connectivity index (χ0) is 13.3. The number of hydrogen-bond acceptors (Lipinski definition) is 4. The van der Waals surface area contributed by atoms with Gasteiger partial charge in [0, 0.05) is 24.6 Å². The van der Waals surface area contributed by atoms with E-state index in [1.165, 1.54) is 0 Å². The highest BCUT2D eigenvalue weighted by Crippen LogP contribution is 2.33. The number of aromatic nitrogens is 1. The van der Waals surface area contributed by atoms with Crippen LogP contribution in [0.25, 0.3) is 0 Å². The van der Waals surface area contributed by atoms with E-state index in [9.17, 15) is 4.79 Å². The molecule has 1 unspecified atom stereocenters. The molecule has 1 aliphatic heterocycles. The molecular formula is C13H21N3O2. The summed E-state index contributed by atoms with van der Waals surface area (Å²) < 4.78 is 5.28. The quantitative estimate of drug-likeness (QED) is 0.888. The summed E-state index contributed by atoms with van der Waals surface area (Å²) in [5.41, 5.74) is 6.29. The average Bonchev–Trinajstić information content (AvgIpc) is 2.81. The summed E-state index contributed by atoms with van der Waals surface area (Å²) in [5, 5.41) is 3.89. The molecule has 2 rings (SSSR count). The van der Waals surface area contributed by atoms with E-state index in [1.807, 2.05) is 31.7 Å². The van der Waals surface area contributed by atoms with Gasteiger partial charge in [-0.25, -0.2) is 0 Å². The Bertz CT molecular complexity index is 434.